The number of hydrogen-bond donors (Lipinski definition) is 1. The third-order valence-corrected chi connectivity index (χ3v) is 3.22. The summed E-state index contributed by atoms with van der Waals surface area (Å²) in [6.07, 6.45) is 0. The Morgan fingerprint density at radius 3 is 2.55 bits per heavy atom. The van der Waals surface area contributed by atoms with E-state index in [2.05, 4.69) is 10.2 Å². The van der Waals surface area contributed by atoms with Crippen LogP contribution in [0.4, 0.5) is 4.39 Å². The Balaban J connectivity index is 2.48. The molecule has 20 heavy (non-hydrogen) atoms. The molecule has 6 heteroatoms. The van der Waals surface area contributed by atoms with Gasteiger partial charge >= 0.3 is 0 Å². The van der Waals surface area contributed by atoms with E-state index in [9.17, 15) is 4.39 Å². The standard InChI is InChI=1S/C14H14FN3OS/c1-7-6-10(15)4-5-11(7)19-14-12(13(16)20)8(2)9(3)17-18-14/h4-6H,1-3H3,(H2,16,20). The van der Waals surface area contributed by atoms with E-state index in [0.29, 0.717) is 16.9 Å². The highest BCUT2D eigenvalue weighted by molar-refractivity contribution is 7.80. The average Bonchev–Trinajstić information content (AvgIpc) is 2.36. The van der Waals surface area contributed by atoms with Crippen LogP contribution in [-0.4, -0.2) is 15.2 Å². The van der Waals surface area contributed by atoms with E-state index in [-0.39, 0.29) is 16.7 Å². The number of thiocarbonyl (C=S) groups is 1. The molecule has 2 rings (SSSR count). The fourth-order valence-corrected chi connectivity index (χ4v) is 2.02. The van der Waals surface area contributed by atoms with Gasteiger partial charge in [-0.3, -0.25) is 0 Å². The molecule has 0 fully saturated rings. The predicted octanol–water partition coefficient (Wildman–Crippen LogP) is 2.97. The van der Waals surface area contributed by atoms with Crippen LogP contribution >= 0.6 is 12.2 Å². The topological polar surface area (TPSA) is 61.0 Å². The highest BCUT2D eigenvalue weighted by atomic mass is 32.1. The predicted molar refractivity (Wildman–Crippen MR) is 78.6 cm³/mol. The van der Waals surface area contributed by atoms with Crippen LogP contribution in [0.25, 0.3) is 0 Å². The molecule has 0 saturated carbocycles. The van der Waals surface area contributed by atoms with Gasteiger partial charge in [0.15, 0.2) is 0 Å². The van der Waals surface area contributed by atoms with Crippen molar-refractivity contribution in [3.63, 3.8) is 0 Å². The summed E-state index contributed by atoms with van der Waals surface area (Å²) in [5.41, 5.74) is 8.48. The van der Waals surface area contributed by atoms with Crippen LogP contribution < -0.4 is 10.5 Å². The lowest BCUT2D eigenvalue weighted by atomic mass is 10.1. The van der Waals surface area contributed by atoms with Gasteiger partial charge in [0.2, 0.25) is 5.88 Å². The molecule has 1 heterocycles. The van der Waals surface area contributed by atoms with Crippen molar-refractivity contribution in [1.29, 1.82) is 0 Å². The highest BCUT2D eigenvalue weighted by Gasteiger charge is 2.16. The monoisotopic (exact) mass is 291 g/mol. The van der Waals surface area contributed by atoms with Crippen molar-refractivity contribution in [2.45, 2.75) is 20.8 Å². The molecule has 2 N–H and O–H groups in total. The largest absolute Gasteiger partial charge is 0.437 e. The van der Waals surface area contributed by atoms with Gasteiger partial charge in [-0.05, 0) is 50.1 Å². The van der Waals surface area contributed by atoms with E-state index in [4.69, 9.17) is 22.7 Å². The van der Waals surface area contributed by atoms with Crippen LogP contribution in [0.2, 0.25) is 0 Å². The van der Waals surface area contributed by atoms with Gasteiger partial charge in [-0.25, -0.2) is 4.39 Å². The Kier molecular flexibility index (Phi) is 3.94. The maximum Gasteiger partial charge on any atom is 0.249 e. The minimum absolute atomic E-state index is 0.190. The van der Waals surface area contributed by atoms with Crippen LogP contribution in [0.5, 0.6) is 11.6 Å². The van der Waals surface area contributed by atoms with Crippen LogP contribution in [0, 0.1) is 26.6 Å². The highest BCUT2D eigenvalue weighted by Crippen LogP contribution is 2.28. The Morgan fingerprint density at radius 2 is 1.95 bits per heavy atom. The maximum absolute atomic E-state index is 13.1. The van der Waals surface area contributed by atoms with Crippen LogP contribution in [0.3, 0.4) is 0 Å². The number of halogens is 1. The van der Waals surface area contributed by atoms with Gasteiger partial charge in [-0.2, -0.15) is 5.10 Å². The van der Waals surface area contributed by atoms with Gasteiger partial charge in [-0.1, -0.05) is 12.2 Å². The zero-order valence-electron chi connectivity index (χ0n) is 11.4. The van der Waals surface area contributed by atoms with Gasteiger partial charge in [0.25, 0.3) is 0 Å². The molecule has 2 aromatic rings. The van der Waals surface area contributed by atoms with E-state index >= 15 is 0 Å². The molecule has 0 spiro atoms. The third-order valence-electron chi connectivity index (χ3n) is 3.01. The van der Waals surface area contributed by atoms with Gasteiger partial charge in [0.1, 0.15) is 16.6 Å². The molecule has 0 saturated heterocycles. The number of nitrogens with zero attached hydrogens (tertiary/aromatic N) is 2. The van der Waals surface area contributed by atoms with E-state index < -0.39 is 0 Å². The summed E-state index contributed by atoms with van der Waals surface area (Å²) in [4.78, 5) is 0.190. The number of rotatable bonds is 3. The first-order chi connectivity index (χ1) is 9.40. The summed E-state index contributed by atoms with van der Waals surface area (Å²) < 4.78 is 18.8. The summed E-state index contributed by atoms with van der Waals surface area (Å²) in [7, 11) is 0. The van der Waals surface area contributed by atoms with Gasteiger partial charge in [0, 0.05) is 0 Å². The molecule has 4 nitrogen and oxygen atoms in total. The second-order valence-corrected chi connectivity index (χ2v) is 4.91. The molecule has 1 aromatic carbocycles. The lowest BCUT2D eigenvalue weighted by molar-refractivity contribution is 0.447. The first-order valence-corrected chi connectivity index (χ1v) is 6.38. The Bertz CT molecular complexity index is 688. The van der Waals surface area contributed by atoms with Gasteiger partial charge in [0.05, 0.1) is 11.3 Å². The number of aromatic nitrogens is 2. The van der Waals surface area contributed by atoms with Crippen LogP contribution in [0.15, 0.2) is 18.2 Å². The second kappa shape index (κ2) is 5.50. The summed E-state index contributed by atoms with van der Waals surface area (Å²) in [6, 6.07) is 4.23. The second-order valence-electron chi connectivity index (χ2n) is 4.47. The van der Waals surface area contributed by atoms with Crippen LogP contribution in [0.1, 0.15) is 22.4 Å². The Morgan fingerprint density at radius 1 is 1.25 bits per heavy atom. The Labute approximate surface area is 121 Å². The van der Waals surface area contributed by atoms with Crippen LogP contribution in [-0.2, 0) is 0 Å². The summed E-state index contributed by atoms with van der Waals surface area (Å²) in [6.45, 7) is 5.41. The molecule has 0 radical (unpaired) electrons. The SMILES string of the molecule is Cc1cc(F)ccc1Oc1nnc(C)c(C)c1C(N)=S. The van der Waals surface area contributed by atoms with E-state index in [1.54, 1.807) is 6.92 Å². The average molecular weight is 291 g/mol. The molecule has 0 aliphatic rings. The zero-order valence-corrected chi connectivity index (χ0v) is 12.2. The molecular formula is C14H14FN3OS. The molecule has 1 aromatic heterocycles. The molecule has 0 bridgehead atoms. The third kappa shape index (κ3) is 2.75. The lowest BCUT2D eigenvalue weighted by Crippen LogP contribution is -2.15. The smallest absolute Gasteiger partial charge is 0.249 e. The van der Waals surface area contributed by atoms with E-state index in [1.165, 1.54) is 18.2 Å². The summed E-state index contributed by atoms with van der Waals surface area (Å²) in [5, 5.41) is 7.99. The van der Waals surface area contributed by atoms with Crippen molar-refractivity contribution in [1.82, 2.24) is 10.2 Å². The number of benzene rings is 1. The Hall–Kier alpha value is -2.08. The lowest BCUT2D eigenvalue weighted by Gasteiger charge is -2.13. The van der Waals surface area contributed by atoms with E-state index in [0.717, 1.165) is 11.3 Å². The van der Waals surface area contributed by atoms with Crippen molar-refractivity contribution >= 4 is 17.2 Å². The number of ether oxygens (including phenoxy) is 1. The van der Waals surface area contributed by atoms with Crippen molar-refractivity contribution in [3.8, 4) is 11.6 Å². The molecule has 0 aliphatic carbocycles. The molecule has 104 valence electrons. The summed E-state index contributed by atoms with van der Waals surface area (Å²) in [5.74, 6) is 0.396. The number of aryl methyl sites for hydroxylation is 2. The maximum atomic E-state index is 13.1. The zero-order chi connectivity index (χ0) is 14.9. The molecule has 0 unspecified atom stereocenters. The quantitative estimate of drug-likeness (QED) is 0.881. The first-order valence-electron chi connectivity index (χ1n) is 5.98. The fourth-order valence-electron chi connectivity index (χ4n) is 1.78. The van der Waals surface area contributed by atoms with Crippen molar-refractivity contribution in [2.75, 3.05) is 0 Å². The van der Waals surface area contributed by atoms with Crippen molar-refractivity contribution in [3.05, 3.63) is 46.4 Å². The fraction of sp³-hybridized carbons (Fsp3) is 0.214. The minimum Gasteiger partial charge on any atom is -0.437 e. The molecule has 0 atom stereocenters. The number of nitrogens with two attached hydrogens (primary N) is 1. The summed E-state index contributed by atoms with van der Waals surface area (Å²) >= 11 is 5.04. The normalized spacial score (nSPS) is 10.4. The minimum atomic E-state index is -0.324. The number of hydrogen-bond acceptors (Lipinski definition) is 4. The van der Waals surface area contributed by atoms with Crippen molar-refractivity contribution < 1.29 is 9.13 Å². The van der Waals surface area contributed by atoms with E-state index in [1.807, 2.05) is 13.8 Å². The van der Waals surface area contributed by atoms with Crippen molar-refractivity contribution in [2.24, 2.45) is 5.73 Å². The molecular weight excluding hydrogens is 277 g/mol. The van der Waals surface area contributed by atoms with Gasteiger partial charge < -0.3 is 10.5 Å². The molecule has 0 aliphatic heterocycles. The van der Waals surface area contributed by atoms with Gasteiger partial charge in [-0.15, -0.1) is 5.10 Å². The first kappa shape index (κ1) is 14.3. The molecule has 0 amide bonds.